The molecule has 0 saturated carbocycles. The molecule has 2 N–H and O–H groups in total. The fraction of sp³-hybridized carbons (Fsp3) is 0.423. The summed E-state index contributed by atoms with van der Waals surface area (Å²) < 4.78 is 28.2. The highest BCUT2D eigenvalue weighted by atomic mass is 32.2. The van der Waals surface area contributed by atoms with E-state index in [1.54, 1.807) is 35.2 Å². The Labute approximate surface area is 205 Å². The summed E-state index contributed by atoms with van der Waals surface area (Å²) in [6.07, 6.45) is 7.15. The summed E-state index contributed by atoms with van der Waals surface area (Å²) in [5.41, 5.74) is 6.97. The third kappa shape index (κ3) is 4.82. The molecule has 9 heteroatoms. The van der Waals surface area contributed by atoms with Crippen molar-refractivity contribution in [2.45, 2.75) is 55.9 Å². The second-order valence-electron chi connectivity index (χ2n) is 9.52. The molecule has 0 aliphatic carbocycles. The van der Waals surface area contributed by atoms with Gasteiger partial charge in [0, 0.05) is 55.8 Å². The predicted octanol–water partition coefficient (Wildman–Crippen LogP) is 3.04. The highest BCUT2D eigenvalue weighted by molar-refractivity contribution is 7.91. The monoisotopic (exact) mass is 494 g/mol. The van der Waals surface area contributed by atoms with Crippen molar-refractivity contribution >= 4 is 32.4 Å². The van der Waals surface area contributed by atoms with Crippen molar-refractivity contribution < 1.29 is 18.0 Å². The Hall–Kier alpha value is -3.20. The van der Waals surface area contributed by atoms with E-state index in [4.69, 9.17) is 5.73 Å². The Bertz CT molecular complexity index is 1390. The number of aromatic nitrogens is 2. The lowest BCUT2D eigenvalue weighted by molar-refractivity contribution is -0.131. The van der Waals surface area contributed by atoms with Crippen LogP contribution in [0.4, 0.5) is 0 Å². The SMILES string of the molecule is NC(=O)c1ccc2cc(S(=O)(=O)CCC(=O)N3CCC(c4cnc5n4CCCC5)CC3)ccc2c1. The molecule has 0 unspecified atom stereocenters. The van der Waals surface area contributed by atoms with Gasteiger partial charge in [0.2, 0.25) is 11.8 Å². The van der Waals surface area contributed by atoms with Crippen LogP contribution < -0.4 is 5.73 Å². The number of carbonyl (C=O) groups excluding carboxylic acids is 2. The van der Waals surface area contributed by atoms with Gasteiger partial charge in [-0.2, -0.15) is 0 Å². The molecule has 2 aromatic carbocycles. The molecule has 2 aliphatic heterocycles. The van der Waals surface area contributed by atoms with Gasteiger partial charge < -0.3 is 15.2 Å². The van der Waals surface area contributed by atoms with Gasteiger partial charge in [0.1, 0.15) is 5.82 Å². The van der Waals surface area contributed by atoms with Crippen molar-refractivity contribution in [2.75, 3.05) is 18.8 Å². The number of imidazole rings is 1. The van der Waals surface area contributed by atoms with Crippen LogP contribution in [-0.4, -0.2) is 53.5 Å². The molecule has 5 rings (SSSR count). The predicted molar refractivity (Wildman–Crippen MR) is 133 cm³/mol. The molecule has 1 saturated heterocycles. The molecule has 8 nitrogen and oxygen atoms in total. The number of nitrogens with two attached hydrogens (primary N) is 1. The molecule has 0 bridgehead atoms. The van der Waals surface area contributed by atoms with Crippen LogP contribution in [0.2, 0.25) is 0 Å². The second-order valence-corrected chi connectivity index (χ2v) is 11.6. The number of rotatable bonds is 6. The van der Waals surface area contributed by atoms with E-state index >= 15 is 0 Å². The molecular formula is C26H30N4O4S. The molecule has 3 heterocycles. The van der Waals surface area contributed by atoms with Crippen molar-refractivity contribution in [1.29, 1.82) is 0 Å². The number of sulfone groups is 1. The maximum absolute atomic E-state index is 12.9. The molecule has 2 aliphatic rings. The lowest BCUT2D eigenvalue weighted by atomic mass is 9.93. The molecular weight excluding hydrogens is 464 g/mol. The number of hydrogen-bond acceptors (Lipinski definition) is 5. The first-order valence-corrected chi connectivity index (χ1v) is 13.9. The first-order chi connectivity index (χ1) is 16.8. The van der Waals surface area contributed by atoms with Crippen LogP contribution in [-0.2, 0) is 27.6 Å². The van der Waals surface area contributed by atoms with Crippen molar-refractivity contribution in [3.05, 3.63) is 59.7 Å². The molecule has 1 fully saturated rings. The Balaban J connectivity index is 1.19. The van der Waals surface area contributed by atoms with Gasteiger partial charge in [-0.15, -0.1) is 0 Å². The highest BCUT2D eigenvalue weighted by Crippen LogP contribution is 2.31. The Morgan fingerprint density at radius 2 is 1.74 bits per heavy atom. The Kier molecular flexibility index (Phi) is 6.35. The zero-order chi connectivity index (χ0) is 24.6. The number of amides is 2. The van der Waals surface area contributed by atoms with Crippen molar-refractivity contribution in [3.8, 4) is 0 Å². The standard InChI is InChI=1S/C26H30N4O4S/c27-26(32)21-5-4-20-16-22(7-6-19(20)15-21)35(33,34)14-10-25(31)29-12-8-18(9-13-29)23-17-28-24-3-1-2-11-30(23)24/h4-7,15-18H,1-3,8-14H2,(H2,27,32). The average Bonchev–Trinajstić information content (AvgIpc) is 3.31. The minimum Gasteiger partial charge on any atom is -0.366 e. The van der Waals surface area contributed by atoms with Crippen LogP contribution in [0.3, 0.4) is 0 Å². The van der Waals surface area contributed by atoms with E-state index in [-0.39, 0.29) is 23.0 Å². The maximum Gasteiger partial charge on any atom is 0.248 e. The number of primary amides is 1. The summed E-state index contributed by atoms with van der Waals surface area (Å²) in [5.74, 6) is 0.698. The summed E-state index contributed by atoms with van der Waals surface area (Å²) >= 11 is 0. The van der Waals surface area contributed by atoms with Crippen molar-refractivity contribution in [1.82, 2.24) is 14.5 Å². The summed E-state index contributed by atoms with van der Waals surface area (Å²) in [6.45, 7) is 2.31. The number of nitrogens with zero attached hydrogens (tertiary/aromatic N) is 3. The van der Waals surface area contributed by atoms with Gasteiger partial charge in [0.25, 0.3) is 0 Å². The molecule has 0 radical (unpaired) electrons. The number of hydrogen-bond donors (Lipinski definition) is 1. The molecule has 184 valence electrons. The number of benzene rings is 2. The largest absolute Gasteiger partial charge is 0.366 e. The topological polar surface area (TPSA) is 115 Å². The lowest BCUT2D eigenvalue weighted by Crippen LogP contribution is -2.39. The quantitative estimate of drug-likeness (QED) is 0.566. The number of likely N-dealkylation sites (tertiary alicyclic amines) is 1. The third-order valence-corrected chi connectivity index (χ3v) is 9.02. The van der Waals surface area contributed by atoms with E-state index in [9.17, 15) is 18.0 Å². The first-order valence-electron chi connectivity index (χ1n) is 12.2. The molecule has 2 amide bonds. The summed E-state index contributed by atoms with van der Waals surface area (Å²) in [4.78, 5) is 30.8. The van der Waals surface area contributed by atoms with Crippen molar-refractivity contribution in [3.63, 3.8) is 0 Å². The van der Waals surface area contributed by atoms with E-state index in [1.165, 1.54) is 30.4 Å². The van der Waals surface area contributed by atoms with Crippen LogP contribution >= 0.6 is 0 Å². The van der Waals surface area contributed by atoms with Gasteiger partial charge in [-0.25, -0.2) is 13.4 Å². The van der Waals surface area contributed by atoms with E-state index in [2.05, 4.69) is 9.55 Å². The van der Waals surface area contributed by atoms with Gasteiger partial charge in [0.15, 0.2) is 9.84 Å². The number of aryl methyl sites for hydroxylation is 1. The van der Waals surface area contributed by atoms with Crippen molar-refractivity contribution in [2.24, 2.45) is 5.73 Å². The minimum absolute atomic E-state index is 0.0340. The Morgan fingerprint density at radius 3 is 2.51 bits per heavy atom. The Morgan fingerprint density at radius 1 is 1.00 bits per heavy atom. The van der Waals surface area contributed by atoms with E-state index in [0.29, 0.717) is 30.0 Å². The smallest absolute Gasteiger partial charge is 0.248 e. The summed E-state index contributed by atoms with van der Waals surface area (Å²) in [6, 6.07) is 9.66. The average molecular weight is 495 g/mol. The first kappa shape index (κ1) is 23.5. The number of carbonyl (C=O) groups is 2. The summed E-state index contributed by atoms with van der Waals surface area (Å²) in [7, 11) is -3.62. The van der Waals surface area contributed by atoms with E-state index in [0.717, 1.165) is 31.2 Å². The zero-order valence-corrected chi connectivity index (χ0v) is 20.5. The van der Waals surface area contributed by atoms with Crippen LogP contribution in [0.1, 0.15) is 59.9 Å². The molecule has 1 aromatic heterocycles. The van der Waals surface area contributed by atoms with Gasteiger partial charge in [-0.3, -0.25) is 9.59 Å². The molecule has 0 atom stereocenters. The van der Waals surface area contributed by atoms with E-state index in [1.807, 2.05) is 6.20 Å². The van der Waals surface area contributed by atoms with E-state index < -0.39 is 15.7 Å². The second kappa shape index (κ2) is 9.45. The zero-order valence-electron chi connectivity index (χ0n) is 19.7. The van der Waals surface area contributed by atoms with Crippen LogP contribution in [0.5, 0.6) is 0 Å². The van der Waals surface area contributed by atoms with Gasteiger partial charge >= 0.3 is 0 Å². The highest BCUT2D eigenvalue weighted by Gasteiger charge is 2.28. The van der Waals surface area contributed by atoms with Crippen LogP contribution in [0.15, 0.2) is 47.5 Å². The van der Waals surface area contributed by atoms with Gasteiger partial charge in [-0.1, -0.05) is 12.1 Å². The normalized spacial score (nSPS) is 16.9. The van der Waals surface area contributed by atoms with Crippen LogP contribution in [0.25, 0.3) is 10.8 Å². The fourth-order valence-corrected chi connectivity index (χ4v) is 6.52. The summed E-state index contributed by atoms with van der Waals surface area (Å²) in [5, 5.41) is 1.44. The minimum atomic E-state index is -3.62. The molecule has 3 aromatic rings. The maximum atomic E-state index is 12.9. The molecule has 0 spiro atoms. The van der Waals surface area contributed by atoms with Gasteiger partial charge in [-0.05, 0) is 60.7 Å². The lowest BCUT2D eigenvalue weighted by Gasteiger charge is -2.33. The van der Waals surface area contributed by atoms with Gasteiger partial charge in [0.05, 0.1) is 10.6 Å². The molecule has 35 heavy (non-hydrogen) atoms. The number of piperidine rings is 1. The fourth-order valence-electron chi connectivity index (χ4n) is 5.26. The van der Waals surface area contributed by atoms with Crippen LogP contribution in [0, 0.1) is 0 Å². The number of fused-ring (bicyclic) bond motifs is 2. The third-order valence-electron chi connectivity index (χ3n) is 7.31.